The van der Waals surface area contributed by atoms with E-state index in [9.17, 15) is 4.79 Å². The summed E-state index contributed by atoms with van der Waals surface area (Å²) in [5.41, 5.74) is 0.619. The van der Waals surface area contributed by atoms with Gasteiger partial charge < -0.3 is 14.8 Å². The van der Waals surface area contributed by atoms with Crippen molar-refractivity contribution in [1.82, 2.24) is 19.8 Å². The molecular weight excluding hydrogens is 240 g/mol. The van der Waals surface area contributed by atoms with E-state index in [1.807, 2.05) is 0 Å². The largest absolute Gasteiger partial charge is 0.341 e. The zero-order valence-electron chi connectivity index (χ0n) is 11.3. The molecular formula is C14H22N4O. The molecule has 1 atom stereocenters. The Hall–Kier alpha value is -1.36. The van der Waals surface area contributed by atoms with Gasteiger partial charge in [0.2, 0.25) is 0 Å². The number of aromatic nitrogens is 2. The van der Waals surface area contributed by atoms with E-state index in [1.54, 1.807) is 12.5 Å². The number of amides is 1. The van der Waals surface area contributed by atoms with Crippen LogP contribution < -0.4 is 0 Å². The van der Waals surface area contributed by atoms with Gasteiger partial charge in [0, 0.05) is 19.1 Å². The highest BCUT2D eigenvalue weighted by molar-refractivity contribution is 5.92. The number of carbonyl (C=O) groups excluding carboxylic acids is 1. The van der Waals surface area contributed by atoms with Crippen LogP contribution in [0.1, 0.15) is 42.6 Å². The third-order valence-corrected chi connectivity index (χ3v) is 4.28. The summed E-state index contributed by atoms with van der Waals surface area (Å²) in [5, 5.41) is 0. The quantitative estimate of drug-likeness (QED) is 0.898. The maximum absolute atomic E-state index is 12.5. The number of imidazole rings is 1. The standard InChI is InChI=1S/C14H22N4O/c19-14(13-9-15-11-16-13)18-8-2-1-5-12(18)10-17-6-3-4-7-17/h9,11-12H,1-8,10H2,(H,15,16). The van der Waals surface area contributed by atoms with E-state index in [2.05, 4.69) is 19.8 Å². The number of nitrogens with one attached hydrogen (secondary N) is 1. The van der Waals surface area contributed by atoms with Crippen LogP contribution in [0.4, 0.5) is 0 Å². The van der Waals surface area contributed by atoms with Crippen molar-refractivity contribution in [2.24, 2.45) is 0 Å². The lowest BCUT2D eigenvalue weighted by molar-refractivity contribution is 0.0555. The molecule has 2 aliphatic heterocycles. The summed E-state index contributed by atoms with van der Waals surface area (Å²) in [6.07, 6.45) is 9.32. The molecule has 3 heterocycles. The second kappa shape index (κ2) is 5.74. The minimum absolute atomic E-state index is 0.112. The minimum Gasteiger partial charge on any atom is -0.341 e. The molecule has 104 valence electrons. The van der Waals surface area contributed by atoms with Crippen LogP contribution in [0.5, 0.6) is 0 Å². The van der Waals surface area contributed by atoms with E-state index in [-0.39, 0.29) is 5.91 Å². The summed E-state index contributed by atoms with van der Waals surface area (Å²) >= 11 is 0. The van der Waals surface area contributed by atoms with Gasteiger partial charge in [-0.2, -0.15) is 0 Å². The number of likely N-dealkylation sites (tertiary alicyclic amines) is 2. The van der Waals surface area contributed by atoms with Gasteiger partial charge in [0.25, 0.3) is 5.91 Å². The first-order valence-corrected chi connectivity index (χ1v) is 7.36. The van der Waals surface area contributed by atoms with E-state index in [1.165, 1.54) is 32.4 Å². The Morgan fingerprint density at radius 3 is 2.79 bits per heavy atom. The zero-order valence-corrected chi connectivity index (χ0v) is 11.3. The molecule has 1 amide bonds. The maximum atomic E-state index is 12.5. The van der Waals surface area contributed by atoms with Crippen LogP contribution in [-0.2, 0) is 0 Å². The highest BCUT2D eigenvalue weighted by atomic mass is 16.2. The summed E-state index contributed by atoms with van der Waals surface area (Å²) in [6, 6.07) is 0.377. The number of nitrogens with zero attached hydrogens (tertiary/aromatic N) is 3. The van der Waals surface area contributed by atoms with E-state index in [0.717, 1.165) is 25.9 Å². The Labute approximate surface area is 114 Å². The van der Waals surface area contributed by atoms with Gasteiger partial charge in [-0.3, -0.25) is 4.79 Å². The van der Waals surface area contributed by atoms with Crippen LogP contribution in [0.2, 0.25) is 0 Å². The Morgan fingerprint density at radius 1 is 1.26 bits per heavy atom. The molecule has 1 N–H and O–H groups in total. The van der Waals surface area contributed by atoms with Gasteiger partial charge >= 0.3 is 0 Å². The Morgan fingerprint density at radius 2 is 2.05 bits per heavy atom. The van der Waals surface area contributed by atoms with Crippen molar-refractivity contribution < 1.29 is 4.79 Å². The first-order chi connectivity index (χ1) is 9.34. The SMILES string of the molecule is O=C(c1cnc[nH]1)N1CCCCC1CN1CCCC1. The monoisotopic (exact) mass is 262 g/mol. The molecule has 0 aliphatic carbocycles. The van der Waals surface area contributed by atoms with E-state index >= 15 is 0 Å². The van der Waals surface area contributed by atoms with Gasteiger partial charge in [-0.25, -0.2) is 4.98 Å². The van der Waals surface area contributed by atoms with Crippen LogP contribution in [0.3, 0.4) is 0 Å². The van der Waals surface area contributed by atoms with Crippen molar-refractivity contribution in [3.05, 3.63) is 18.2 Å². The van der Waals surface area contributed by atoms with Crippen LogP contribution in [0, 0.1) is 0 Å². The van der Waals surface area contributed by atoms with Crippen molar-refractivity contribution >= 4 is 5.91 Å². The Kier molecular flexibility index (Phi) is 3.82. The topological polar surface area (TPSA) is 52.2 Å². The molecule has 5 nitrogen and oxygen atoms in total. The number of hydrogen-bond acceptors (Lipinski definition) is 3. The van der Waals surface area contributed by atoms with Crippen LogP contribution in [-0.4, -0.2) is 57.9 Å². The number of piperidine rings is 1. The molecule has 0 saturated carbocycles. The lowest BCUT2D eigenvalue weighted by Crippen LogP contribution is -2.49. The summed E-state index contributed by atoms with van der Waals surface area (Å²) < 4.78 is 0. The lowest BCUT2D eigenvalue weighted by Gasteiger charge is -2.37. The van der Waals surface area contributed by atoms with Crippen molar-refractivity contribution in [2.75, 3.05) is 26.2 Å². The summed E-state index contributed by atoms with van der Waals surface area (Å²) in [5.74, 6) is 0.112. The maximum Gasteiger partial charge on any atom is 0.272 e. The van der Waals surface area contributed by atoms with E-state index < -0.39 is 0 Å². The molecule has 1 aromatic rings. The molecule has 3 rings (SSSR count). The average Bonchev–Trinajstić information content (AvgIpc) is 3.11. The second-order valence-corrected chi connectivity index (χ2v) is 5.62. The molecule has 0 bridgehead atoms. The van der Waals surface area contributed by atoms with Crippen molar-refractivity contribution in [3.63, 3.8) is 0 Å². The highest BCUT2D eigenvalue weighted by Gasteiger charge is 2.30. The molecule has 0 aromatic carbocycles. The van der Waals surface area contributed by atoms with Crippen molar-refractivity contribution in [3.8, 4) is 0 Å². The molecule has 19 heavy (non-hydrogen) atoms. The van der Waals surface area contributed by atoms with Gasteiger partial charge in [0.1, 0.15) is 5.69 Å². The minimum atomic E-state index is 0.112. The predicted molar refractivity (Wildman–Crippen MR) is 72.9 cm³/mol. The zero-order chi connectivity index (χ0) is 13.1. The van der Waals surface area contributed by atoms with E-state index in [0.29, 0.717) is 11.7 Å². The fourth-order valence-corrected chi connectivity index (χ4v) is 3.25. The highest BCUT2D eigenvalue weighted by Crippen LogP contribution is 2.21. The third-order valence-electron chi connectivity index (χ3n) is 4.28. The van der Waals surface area contributed by atoms with Crippen LogP contribution >= 0.6 is 0 Å². The molecule has 1 aromatic heterocycles. The van der Waals surface area contributed by atoms with Gasteiger partial charge in [-0.05, 0) is 45.2 Å². The van der Waals surface area contributed by atoms with Crippen LogP contribution in [0.15, 0.2) is 12.5 Å². The second-order valence-electron chi connectivity index (χ2n) is 5.62. The first kappa shape index (κ1) is 12.7. The van der Waals surface area contributed by atoms with Crippen molar-refractivity contribution in [1.29, 1.82) is 0 Å². The van der Waals surface area contributed by atoms with Gasteiger partial charge in [-0.1, -0.05) is 0 Å². The average molecular weight is 262 g/mol. The van der Waals surface area contributed by atoms with Gasteiger partial charge in [0.15, 0.2) is 0 Å². The smallest absolute Gasteiger partial charge is 0.272 e. The predicted octanol–water partition coefficient (Wildman–Crippen LogP) is 1.50. The van der Waals surface area contributed by atoms with Gasteiger partial charge in [-0.15, -0.1) is 0 Å². The number of aromatic amines is 1. The number of carbonyl (C=O) groups is 1. The number of H-pyrrole nitrogens is 1. The Bertz CT molecular complexity index is 411. The van der Waals surface area contributed by atoms with Crippen LogP contribution in [0.25, 0.3) is 0 Å². The number of hydrogen-bond donors (Lipinski definition) is 1. The fourth-order valence-electron chi connectivity index (χ4n) is 3.25. The third kappa shape index (κ3) is 2.81. The summed E-state index contributed by atoms with van der Waals surface area (Å²) in [4.78, 5) is 23.9. The normalized spacial score (nSPS) is 24.8. The molecule has 0 spiro atoms. The summed E-state index contributed by atoms with van der Waals surface area (Å²) in [6.45, 7) is 4.32. The molecule has 1 unspecified atom stereocenters. The molecule has 2 fully saturated rings. The molecule has 5 heteroatoms. The fraction of sp³-hybridized carbons (Fsp3) is 0.714. The summed E-state index contributed by atoms with van der Waals surface area (Å²) in [7, 11) is 0. The lowest BCUT2D eigenvalue weighted by atomic mass is 10.0. The molecule has 2 saturated heterocycles. The first-order valence-electron chi connectivity index (χ1n) is 7.36. The Balaban J connectivity index is 1.67. The van der Waals surface area contributed by atoms with E-state index in [4.69, 9.17) is 0 Å². The van der Waals surface area contributed by atoms with Crippen molar-refractivity contribution in [2.45, 2.75) is 38.1 Å². The van der Waals surface area contributed by atoms with Gasteiger partial charge in [0.05, 0.1) is 12.5 Å². The molecule has 0 radical (unpaired) electrons. The molecule has 2 aliphatic rings. The number of rotatable bonds is 3.